The van der Waals surface area contributed by atoms with Crippen LogP contribution in [-0.2, 0) is 4.74 Å². The highest BCUT2D eigenvalue weighted by Crippen LogP contribution is 2.23. The maximum atomic E-state index is 13.9. The van der Waals surface area contributed by atoms with Crippen molar-refractivity contribution in [2.75, 3.05) is 7.11 Å². The van der Waals surface area contributed by atoms with Gasteiger partial charge in [0, 0.05) is 10.7 Å². The van der Waals surface area contributed by atoms with E-state index >= 15 is 0 Å². The molecule has 1 N–H and O–H groups in total. The third kappa shape index (κ3) is 2.71. The topological polar surface area (TPSA) is 55.0 Å². The molecule has 0 unspecified atom stereocenters. The normalized spacial score (nSPS) is 10.4. The summed E-state index contributed by atoms with van der Waals surface area (Å²) < 4.78 is 18.5. The Morgan fingerprint density at radius 1 is 1.50 bits per heavy atom. The number of hydrogen-bond acceptors (Lipinski definition) is 4. The van der Waals surface area contributed by atoms with Crippen molar-refractivity contribution in [1.82, 2.24) is 9.97 Å². The molecule has 0 spiro atoms. The van der Waals surface area contributed by atoms with Gasteiger partial charge in [0.25, 0.3) is 0 Å². The number of halogens is 2. The lowest BCUT2D eigenvalue weighted by atomic mass is 10.1. The van der Waals surface area contributed by atoms with Crippen LogP contribution in [0.5, 0.6) is 0 Å². The number of H-pyrrole nitrogens is 1. The SMILES string of the molecule is COC(=O)c1c(C)[nH]c(-c2ccc(Cl)cc2F)nc1=S. The molecule has 0 radical (unpaired) electrons. The van der Waals surface area contributed by atoms with E-state index < -0.39 is 11.8 Å². The van der Waals surface area contributed by atoms with E-state index in [9.17, 15) is 9.18 Å². The number of benzene rings is 1. The summed E-state index contributed by atoms with van der Waals surface area (Å²) in [4.78, 5) is 18.5. The summed E-state index contributed by atoms with van der Waals surface area (Å²) in [5.74, 6) is -0.880. The molecular formula is C13H10ClFN2O2S. The first-order chi connectivity index (χ1) is 9.43. The number of nitrogens with zero attached hydrogens (tertiary/aromatic N) is 1. The van der Waals surface area contributed by atoms with Crippen molar-refractivity contribution < 1.29 is 13.9 Å². The second kappa shape index (κ2) is 5.68. The molecular weight excluding hydrogens is 303 g/mol. The summed E-state index contributed by atoms with van der Waals surface area (Å²) in [5.41, 5.74) is 0.849. The Bertz CT molecular complexity index is 746. The number of aromatic nitrogens is 2. The van der Waals surface area contributed by atoms with E-state index in [0.717, 1.165) is 0 Å². The number of nitrogens with one attached hydrogen (secondary N) is 1. The minimum Gasteiger partial charge on any atom is -0.465 e. The van der Waals surface area contributed by atoms with Gasteiger partial charge in [-0.15, -0.1) is 0 Å². The molecule has 2 rings (SSSR count). The minimum atomic E-state index is -0.584. The number of methoxy groups -OCH3 is 1. The number of ether oxygens (including phenoxy) is 1. The molecule has 0 aliphatic carbocycles. The van der Waals surface area contributed by atoms with Gasteiger partial charge in [0.05, 0.1) is 12.7 Å². The van der Waals surface area contributed by atoms with Crippen molar-refractivity contribution in [3.05, 3.63) is 44.9 Å². The molecule has 7 heteroatoms. The fourth-order valence-electron chi connectivity index (χ4n) is 1.74. The molecule has 0 saturated carbocycles. The summed E-state index contributed by atoms with van der Waals surface area (Å²) >= 11 is 10.8. The van der Waals surface area contributed by atoms with E-state index in [1.54, 1.807) is 13.0 Å². The molecule has 0 amide bonds. The van der Waals surface area contributed by atoms with Crippen LogP contribution in [0.4, 0.5) is 4.39 Å². The molecule has 1 aromatic heterocycles. The first-order valence-corrected chi connectivity index (χ1v) is 6.37. The molecule has 104 valence electrons. The highest BCUT2D eigenvalue weighted by molar-refractivity contribution is 7.71. The van der Waals surface area contributed by atoms with Gasteiger partial charge in [0.1, 0.15) is 21.8 Å². The Hall–Kier alpha value is -1.79. The van der Waals surface area contributed by atoms with Gasteiger partial charge in [-0.05, 0) is 25.1 Å². The summed E-state index contributed by atoms with van der Waals surface area (Å²) in [6.45, 7) is 1.64. The van der Waals surface area contributed by atoms with E-state index in [1.165, 1.54) is 19.2 Å². The number of esters is 1. The maximum absolute atomic E-state index is 13.9. The Morgan fingerprint density at radius 3 is 2.75 bits per heavy atom. The number of carbonyl (C=O) groups excluding carboxylic acids is 1. The Morgan fingerprint density at radius 2 is 2.20 bits per heavy atom. The lowest BCUT2D eigenvalue weighted by Crippen LogP contribution is -2.09. The molecule has 0 saturated heterocycles. The second-order valence-corrected chi connectivity index (χ2v) is 4.83. The largest absolute Gasteiger partial charge is 0.465 e. The van der Waals surface area contributed by atoms with Crippen LogP contribution >= 0.6 is 23.8 Å². The highest BCUT2D eigenvalue weighted by atomic mass is 35.5. The summed E-state index contributed by atoms with van der Waals surface area (Å²) in [6, 6.07) is 4.21. The fourth-order valence-corrected chi connectivity index (χ4v) is 2.22. The average molecular weight is 313 g/mol. The van der Waals surface area contributed by atoms with Gasteiger partial charge in [-0.1, -0.05) is 23.8 Å². The van der Waals surface area contributed by atoms with Crippen molar-refractivity contribution in [3.63, 3.8) is 0 Å². The number of rotatable bonds is 2. The molecule has 0 fully saturated rings. The van der Waals surface area contributed by atoms with Crippen LogP contribution in [0.1, 0.15) is 16.1 Å². The van der Waals surface area contributed by atoms with Crippen LogP contribution in [0.3, 0.4) is 0 Å². The van der Waals surface area contributed by atoms with Gasteiger partial charge in [0.2, 0.25) is 0 Å². The Labute approximate surface area is 124 Å². The van der Waals surface area contributed by atoms with Crippen LogP contribution in [0.25, 0.3) is 11.4 Å². The van der Waals surface area contributed by atoms with E-state index in [1.807, 2.05) is 0 Å². The van der Waals surface area contributed by atoms with Gasteiger partial charge in [-0.3, -0.25) is 0 Å². The smallest absolute Gasteiger partial charge is 0.342 e. The third-order valence-electron chi connectivity index (χ3n) is 2.68. The number of carbonyl (C=O) groups is 1. The van der Waals surface area contributed by atoms with E-state index in [-0.39, 0.29) is 26.6 Å². The zero-order valence-corrected chi connectivity index (χ0v) is 12.2. The average Bonchev–Trinajstić information content (AvgIpc) is 2.37. The number of aromatic amines is 1. The standard InChI is InChI=1S/C13H10ClFN2O2S/c1-6-10(13(18)19-2)12(20)17-11(16-6)8-4-3-7(14)5-9(8)15/h3-5H,1-2H3,(H,16,17,20). The quantitative estimate of drug-likeness (QED) is 0.678. The third-order valence-corrected chi connectivity index (χ3v) is 3.21. The van der Waals surface area contributed by atoms with Crippen LogP contribution in [0, 0.1) is 17.4 Å². The summed E-state index contributed by atoms with van der Waals surface area (Å²) in [7, 11) is 1.25. The van der Waals surface area contributed by atoms with Crippen molar-refractivity contribution in [2.45, 2.75) is 6.92 Å². The molecule has 0 aliphatic rings. The second-order valence-electron chi connectivity index (χ2n) is 4.01. The van der Waals surface area contributed by atoms with Crippen LogP contribution in [0.2, 0.25) is 5.02 Å². The van der Waals surface area contributed by atoms with Gasteiger partial charge < -0.3 is 9.72 Å². The fraction of sp³-hybridized carbons (Fsp3) is 0.154. The van der Waals surface area contributed by atoms with Crippen LogP contribution < -0.4 is 0 Å². The zero-order chi connectivity index (χ0) is 14.9. The molecule has 20 heavy (non-hydrogen) atoms. The molecule has 4 nitrogen and oxygen atoms in total. The van der Waals surface area contributed by atoms with Crippen LogP contribution in [-0.4, -0.2) is 23.0 Å². The minimum absolute atomic E-state index is 0.0532. The number of aryl methyl sites for hydroxylation is 1. The van der Waals surface area contributed by atoms with Crippen molar-refractivity contribution in [2.24, 2.45) is 0 Å². The van der Waals surface area contributed by atoms with Gasteiger partial charge in [-0.2, -0.15) is 0 Å². The first kappa shape index (κ1) is 14.6. The van der Waals surface area contributed by atoms with E-state index in [0.29, 0.717) is 5.69 Å². The van der Waals surface area contributed by atoms with Crippen molar-refractivity contribution in [1.29, 1.82) is 0 Å². The van der Waals surface area contributed by atoms with E-state index in [2.05, 4.69) is 14.7 Å². The zero-order valence-electron chi connectivity index (χ0n) is 10.7. The molecule has 0 aliphatic heterocycles. The van der Waals surface area contributed by atoms with Gasteiger partial charge >= 0.3 is 5.97 Å². The molecule has 0 bridgehead atoms. The molecule has 0 atom stereocenters. The monoisotopic (exact) mass is 312 g/mol. The molecule has 1 aromatic carbocycles. The molecule has 1 heterocycles. The summed E-state index contributed by atoms with van der Waals surface area (Å²) in [6.07, 6.45) is 0. The Kier molecular flexibility index (Phi) is 4.15. The Balaban J connectivity index is 2.61. The van der Waals surface area contributed by atoms with Gasteiger partial charge in [0.15, 0.2) is 0 Å². The van der Waals surface area contributed by atoms with Crippen molar-refractivity contribution in [3.8, 4) is 11.4 Å². The lowest BCUT2D eigenvalue weighted by molar-refractivity contribution is 0.0598. The van der Waals surface area contributed by atoms with E-state index in [4.69, 9.17) is 23.8 Å². The first-order valence-electron chi connectivity index (χ1n) is 5.58. The number of hydrogen-bond donors (Lipinski definition) is 1. The van der Waals surface area contributed by atoms with Crippen LogP contribution in [0.15, 0.2) is 18.2 Å². The maximum Gasteiger partial charge on any atom is 0.342 e. The summed E-state index contributed by atoms with van der Waals surface area (Å²) in [5, 5.41) is 0.285. The highest BCUT2D eigenvalue weighted by Gasteiger charge is 2.16. The predicted octanol–water partition coefficient (Wildman–Crippen LogP) is 3.69. The lowest BCUT2D eigenvalue weighted by Gasteiger charge is -2.08. The molecule has 2 aromatic rings. The van der Waals surface area contributed by atoms with Gasteiger partial charge in [-0.25, -0.2) is 14.2 Å². The van der Waals surface area contributed by atoms with Crippen molar-refractivity contribution >= 4 is 29.8 Å². The predicted molar refractivity (Wildman–Crippen MR) is 75.9 cm³/mol.